The molecule has 0 atom stereocenters. The third-order valence-electron chi connectivity index (χ3n) is 2.60. The minimum absolute atomic E-state index is 0.133. The molecule has 0 aliphatic rings. The van der Waals surface area contributed by atoms with E-state index >= 15 is 0 Å². The Labute approximate surface area is 99.3 Å². The Balaban J connectivity index is 2.13. The summed E-state index contributed by atoms with van der Waals surface area (Å²) in [5.74, 6) is 0. The molecule has 0 spiro atoms. The van der Waals surface area contributed by atoms with Crippen molar-refractivity contribution in [2.75, 3.05) is 0 Å². The molecule has 1 aromatic carbocycles. The van der Waals surface area contributed by atoms with Gasteiger partial charge in [-0.25, -0.2) is 4.57 Å². The summed E-state index contributed by atoms with van der Waals surface area (Å²) in [5.41, 5.74) is 2.40. The van der Waals surface area contributed by atoms with Crippen molar-refractivity contribution in [2.24, 2.45) is 7.05 Å². The molecule has 2 aromatic rings. The summed E-state index contributed by atoms with van der Waals surface area (Å²) < 4.78 is 1.97. The van der Waals surface area contributed by atoms with Crippen LogP contribution in [0.5, 0.6) is 0 Å². The van der Waals surface area contributed by atoms with Gasteiger partial charge in [0.1, 0.15) is 7.05 Å². The van der Waals surface area contributed by atoms with Gasteiger partial charge in [-0.15, -0.1) is 0 Å². The van der Waals surface area contributed by atoms with Crippen LogP contribution in [0, 0.1) is 10.1 Å². The molecule has 17 heavy (non-hydrogen) atoms. The number of hydrogen-bond donors (Lipinski definition) is 0. The summed E-state index contributed by atoms with van der Waals surface area (Å²) in [6, 6.07) is 10.8. The normalized spacial score (nSPS) is 10.2. The summed E-state index contributed by atoms with van der Waals surface area (Å²) in [6.07, 6.45) is 4.76. The van der Waals surface area contributed by atoms with Gasteiger partial charge >= 0.3 is 0 Å². The van der Waals surface area contributed by atoms with Crippen molar-refractivity contribution in [1.82, 2.24) is 0 Å². The van der Waals surface area contributed by atoms with E-state index in [0.717, 1.165) is 12.0 Å². The van der Waals surface area contributed by atoms with Crippen LogP contribution in [-0.2, 0) is 13.5 Å². The van der Waals surface area contributed by atoms with E-state index in [2.05, 4.69) is 0 Å². The third-order valence-corrected chi connectivity index (χ3v) is 2.60. The molecule has 86 valence electrons. The van der Waals surface area contributed by atoms with Crippen molar-refractivity contribution in [3.8, 4) is 0 Å². The van der Waals surface area contributed by atoms with Crippen LogP contribution in [0.15, 0.2) is 48.8 Å². The lowest BCUT2D eigenvalue weighted by Gasteiger charge is -2.00. The maximum atomic E-state index is 10.5. The zero-order chi connectivity index (χ0) is 12.3. The fourth-order valence-electron chi connectivity index (χ4n) is 1.62. The first-order valence-electron chi connectivity index (χ1n) is 5.32. The first kappa shape index (κ1) is 11.3. The van der Waals surface area contributed by atoms with E-state index in [-0.39, 0.29) is 10.6 Å². The molecule has 0 saturated heterocycles. The standard InChI is InChI=1S/C13H13N2O2/c1-14-8-6-12(7-9-14)10-11-2-4-13(5-3-11)15(16)17/h2-9H,10H2,1H3/q+1. The van der Waals surface area contributed by atoms with Crippen molar-refractivity contribution in [3.05, 3.63) is 70.0 Å². The van der Waals surface area contributed by atoms with E-state index < -0.39 is 0 Å². The molecule has 1 aromatic heterocycles. The van der Waals surface area contributed by atoms with Gasteiger partial charge in [0, 0.05) is 24.3 Å². The summed E-state index contributed by atoms with van der Waals surface area (Å²) in [4.78, 5) is 10.1. The summed E-state index contributed by atoms with van der Waals surface area (Å²) in [7, 11) is 1.97. The highest BCUT2D eigenvalue weighted by molar-refractivity contribution is 5.34. The highest BCUT2D eigenvalue weighted by Gasteiger charge is 2.04. The molecule has 4 nitrogen and oxygen atoms in total. The van der Waals surface area contributed by atoms with Crippen molar-refractivity contribution < 1.29 is 9.49 Å². The lowest BCUT2D eigenvalue weighted by atomic mass is 10.1. The predicted molar refractivity (Wildman–Crippen MR) is 63.5 cm³/mol. The van der Waals surface area contributed by atoms with Gasteiger partial charge in [0.05, 0.1) is 4.92 Å². The van der Waals surface area contributed by atoms with Gasteiger partial charge < -0.3 is 0 Å². The number of nitrogens with zero attached hydrogens (tertiary/aromatic N) is 2. The number of aromatic nitrogens is 1. The van der Waals surface area contributed by atoms with E-state index in [4.69, 9.17) is 0 Å². The smallest absolute Gasteiger partial charge is 0.258 e. The number of nitro groups is 1. The number of non-ortho nitro benzene ring substituents is 1. The Bertz CT molecular complexity index is 518. The summed E-state index contributed by atoms with van der Waals surface area (Å²) in [5, 5.41) is 10.5. The molecule has 0 radical (unpaired) electrons. The zero-order valence-corrected chi connectivity index (χ0v) is 9.54. The molecular weight excluding hydrogens is 216 g/mol. The van der Waals surface area contributed by atoms with Crippen LogP contribution in [-0.4, -0.2) is 4.92 Å². The second kappa shape index (κ2) is 4.74. The molecule has 0 unspecified atom stereocenters. The Morgan fingerprint density at radius 1 is 1.06 bits per heavy atom. The van der Waals surface area contributed by atoms with Crippen LogP contribution in [0.4, 0.5) is 5.69 Å². The van der Waals surface area contributed by atoms with E-state index in [1.54, 1.807) is 12.1 Å². The minimum atomic E-state index is -0.383. The van der Waals surface area contributed by atoms with Gasteiger partial charge in [0.25, 0.3) is 5.69 Å². The Morgan fingerprint density at radius 3 is 2.12 bits per heavy atom. The Morgan fingerprint density at radius 2 is 1.59 bits per heavy atom. The minimum Gasteiger partial charge on any atom is -0.258 e. The second-order valence-electron chi connectivity index (χ2n) is 3.97. The van der Waals surface area contributed by atoms with E-state index in [9.17, 15) is 10.1 Å². The van der Waals surface area contributed by atoms with Gasteiger partial charge in [0.15, 0.2) is 12.4 Å². The molecule has 0 N–H and O–H groups in total. The first-order chi connectivity index (χ1) is 8.15. The van der Waals surface area contributed by atoms with E-state index in [0.29, 0.717) is 0 Å². The molecule has 0 fully saturated rings. The molecule has 1 heterocycles. The topological polar surface area (TPSA) is 47.0 Å². The number of pyridine rings is 1. The van der Waals surface area contributed by atoms with Crippen molar-refractivity contribution in [3.63, 3.8) is 0 Å². The summed E-state index contributed by atoms with van der Waals surface area (Å²) >= 11 is 0. The average Bonchev–Trinajstić information content (AvgIpc) is 2.33. The molecule has 0 aliphatic heterocycles. The molecular formula is C13H13N2O2+. The molecule has 2 rings (SSSR count). The van der Waals surface area contributed by atoms with Crippen LogP contribution in [0.25, 0.3) is 0 Å². The van der Waals surface area contributed by atoms with Crippen molar-refractivity contribution in [2.45, 2.75) is 6.42 Å². The molecule has 4 heteroatoms. The van der Waals surface area contributed by atoms with Gasteiger partial charge in [-0.05, 0) is 17.5 Å². The van der Waals surface area contributed by atoms with Crippen molar-refractivity contribution in [1.29, 1.82) is 0 Å². The fourth-order valence-corrected chi connectivity index (χ4v) is 1.62. The SMILES string of the molecule is C[n+]1ccc(Cc2ccc([N+](=O)[O-])cc2)cc1. The Hall–Kier alpha value is -2.23. The number of aryl methyl sites for hydroxylation is 1. The maximum absolute atomic E-state index is 10.5. The van der Waals surface area contributed by atoms with Gasteiger partial charge in [-0.3, -0.25) is 10.1 Å². The van der Waals surface area contributed by atoms with Gasteiger partial charge in [-0.2, -0.15) is 0 Å². The van der Waals surface area contributed by atoms with Crippen molar-refractivity contribution >= 4 is 5.69 Å². The monoisotopic (exact) mass is 229 g/mol. The number of benzene rings is 1. The van der Waals surface area contributed by atoms with Crippen LogP contribution >= 0.6 is 0 Å². The van der Waals surface area contributed by atoms with Gasteiger partial charge in [0.2, 0.25) is 0 Å². The van der Waals surface area contributed by atoms with Crippen LogP contribution in [0.2, 0.25) is 0 Å². The molecule has 0 bridgehead atoms. The fraction of sp³-hybridized carbons (Fsp3) is 0.154. The average molecular weight is 229 g/mol. The molecule has 0 saturated carbocycles. The van der Waals surface area contributed by atoms with E-state index in [1.807, 2.05) is 36.1 Å². The highest BCUT2D eigenvalue weighted by atomic mass is 16.6. The van der Waals surface area contributed by atoms with Crippen LogP contribution in [0.1, 0.15) is 11.1 Å². The largest absolute Gasteiger partial charge is 0.269 e. The third kappa shape index (κ3) is 2.87. The Kier molecular flexibility index (Phi) is 3.14. The quantitative estimate of drug-likeness (QED) is 0.459. The first-order valence-corrected chi connectivity index (χ1v) is 5.32. The van der Waals surface area contributed by atoms with Gasteiger partial charge in [-0.1, -0.05) is 12.1 Å². The predicted octanol–water partition coefficient (Wildman–Crippen LogP) is 2.01. The van der Waals surface area contributed by atoms with Crippen LogP contribution in [0.3, 0.4) is 0 Å². The van der Waals surface area contributed by atoms with E-state index in [1.165, 1.54) is 17.7 Å². The lowest BCUT2D eigenvalue weighted by molar-refractivity contribution is -0.671. The number of rotatable bonds is 3. The second-order valence-corrected chi connectivity index (χ2v) is 3.97. The number of hydrogen-bond acceptors (Lipinski definition) is 2. The molecule has 0 amide bonds. The molecule has 0 aliphatic carbocycles. The van der Waals surface area contributed by atoms with Crippen LogP contribution < -0.4 is 4.57 Å². The number of nitro benzene ring substituents is 1. The highest BCUT2D eigenvalue weighted by Crippen LogP contribution is 2.14. The summed E-state index contributed by atoms with van der Waals surface area (Å²) in [6.45, 7) is 0. The maximum Gasteiger partial charge on any atom is 0.269 e. The lowest BCUT2D eigenvalue weighted by Crippen LogP contribution is -2.25. The zero-order valence-electron chi connectivity index (χ0n) is 9.54.